The average molecular weight is 344 g/mol. The number of amides is 2. The lowest BCUT2D eigenvalue weighted by Crippen LogP contribution is -2.55. The van der Waals surface area contributed by atoms with E-state index < -0.39 is 17.5 Å². The van der Waals surface area contributed by atoms with Crippen molar-refractivity contribution in [2.24, 2.45) is 5.92 Å². The first-order valence-electron chi connectivity index (χ1n) is 8.05. The van der Waals surface area contributed by atoms with Crippen LogP contribution in [-0.2, 0) is 4.79 Å². The van der Waals surface area contributed by atoms with E-state index in [1.165, 1.54) is 11.0 Å². The van der Waals surface area contributed by atoms with Crippen molar-refractivity contribution in [2.45, 2.75) is 13.0 Å². The van der Waals surface area contributed by atoms with E-state index in [0.29, 0.717) is 0 Å². The minimum atomic E-state index is -1.06. The third kappa shape index (κ3) is 3.68. The summed E-state index contributed by atoms with van der Waals surface area (Å²) in [6.45, 7) is 2.44. The normalized spacial score (nSPS) is 15.4. The molecule has 1 atom stereocenters. The standard InChI is InChI=1S/C19H18F2N2O2/c1-12(13-5-3-2-4-6-13)22-18(24)15-10-23(11-15)19(25)14-7-8-16(20)17(21)9-14/h2-9,12,15H,10-11H2,1H3,(H,22,24). The van der Waals surface area contributed by atoms with Gasteiger partial charge in [-0.25, -0.2) is 8.78 Å². The van der Waals surface area contributed by atoms with Crippen LogP contribution in [0.4, 0.5) is 8.78 Å². The molecule has 3 rings (SSSR count). The molecular weight excluding hydrogens is 326 g/mol. The molecule has 130 valence electrons. The van der Waals surface area contributed by atoms with Crippen LogP contribution in [0.3, 0.4) is 0 Å². The van der Waals surface area contributed by atoms with Crippen LogP contribution in [0.1, 0.15) is 28.9 Å². The summed E-state index contributed by atoms with van der Waals surface area (Å²) in [6.07, 6.45) is 0. The van der Waals surface area contributed by atoms with Gasteiger partial charge in [-0.1, -0.05) is 30.3 Å². The second-order valence-corrected chi connectivity index (χ2v) is 6.18. The van der Waals surface area contributed by atoms with E-state index in [4.69, 9.17) is 0 Å². The Morgan fingerprint density at radius 1 is 1.08 bits per heavy atom. The van der Waals surface area contributed by atoms with Crippen molar-refractivity contribution >= 4 is 11.8 Å². The number of benzene rings is 2. The molecule has 1 aliphatic heterocycles. The second-order valence-electron chi connectivity index (χ2n) is 6.18. The third-order valence-electron chi connectivity index (χ3n) is 4.36. The van der Waals surface area contributed by atoms with E-state index in [1.54, 1.807) is 0 Å². The highest BCUT2D eigenvalue weighted by molar-refractivity contribution is 5.96. The summed E-state index contributed by atoms with van der Waals surface area (Å²) in [4.78, 5) is 25.9. The molecule has 0 spiro atoms. The molecule has 1 aliphatic rings. The Labute approximate surface area is 144 Å². The van der Waals surface area contributed by atoms with Crippen LogP contribution in [0.2, 0.25) is 0 Å². The maximum atomic E-state index is 13.2. The molecule has 2 aromatic rings. The zero-order chi connectivity index (χ0) is 18.0. The van der Waals surface area contributed by atoms with Crippen molar-refractivity contribution < 1.29 is 18.4 Å². The molecule has 4 nitrogen and oxygen atoms in total. The van der Waals surface area contributed by atoms with Crippen molar-refractivity contribution in [3.8, 4) is 0 Å². The SMILES string of the molecule is CC(NC(=O)C1CN(C(=O)c2ccc(F)c(F)c2)C1)c1ccccc1. The molecule has 1 fully saturated rings. The zero-order valence-corrected chi connectivity index (χ0v) is 13.7. The Morgan fingerprint density at radius 3 is 2.40 bits per heavy atom. The summed E-state index contributed by atoms with van der Waals surface area (Å²) in [5.41, 5.74) is 1.08. The fraction of sp³-hybridized carbons (Fsp3) is 0.263. The Hall–Kier alpha value is -2.76. The number of hydrogen-bond acceptors (Lipinski definition) is 2. The Kier molecular flexibility index (Phi) is 4.79. The monoisotopic (exact) mass is 344 g/mol. The van der Waals surface area contributed by atoms with Crippen LogP contribution >= 0.6 is 0 Å². The van der Waals surface area contributed by atoms with Gasteiger partial charge in [0.1, 0.15) is 0 Å². The number of likely N-dealkylation sites (tertiary alicyclic amines) is 1. The number of halogens is 2. The van der Waals surface area contributed by atoms with Crippen LogP contribution in [-0.4, -0.2) is 29.8 Å². The second kappa shape index (κ2) is 7.01. The van der Waals surface area contributed by atoms with Gasteiger partial charge in [0.15, 0.2) is 11.6 Å². The molecule has 1 N–H and O–H groups in total. The van der Waals surface area contributed by atoms with Crippen molar-refractivity contribution in [3.05, 3.63) is 71.3 Å². The van der Waals surface area contributed by atoms with Gasteiger partial charge in [-0.3, -0.25) is 9.59 Å². The van der Waals surface area contributed by atoms with Crippen molar-refractivity contribution in [1.82, 2.24) is 10.2 Å². The van der Waals surface area contributed by atoms with Gasteiger partial charge in [0.2, 0.25) is 5.91 Å². The molecule has 25 heavy (non-hydrogen) atoms. The Morgan fingerprint density at radius 2 is 1.76 bits per heavy atom. The topological polar surface area (TPSA) is 49.4 Å². The zero-order valence-electron chi connectivity index (χ0n) is 13.7. The van der Waals surface area contributed by atoms with Gasteiger partial charge in [-0.2, -0.15) is 0 Å². The van der Waals surface area contributed by atoms with Crippen LogP contribution in [0.25, 0.3) is 0 Å². The smallest absolute Gasteiger partial charge is 0.254 e. The molecule has 1 saturated heterocycles. The third-order valence-corrected chi connectivity index (χ3v) is 4.36. The van der Waals surface area contributed by atoms with E-state index in [0.717, 1.165) is 17.7 Å². The van der Waals surface area contributed by atoms with Crippen LogP contribution in [0.5, 0.6) is 0 Å². The number of rotatable bonds is 4. The Bertz CT molecular complexity index is 789. The van der Waals surface area contributed by atoms with Crippen molar-refractivity contribution in [2.75, 3.05) is 13.1 Å². The minimum absolute atomic E-state index is 0.0791. The molecule has 0 radical (unpaired) electrons. The van der Waals surface area contributed by atoms with E-state index >= 15 is 0 Å². The summed E-state index contributed by atoms with van der Waals surface area (Å²) in [6, 6.07) is 12.5. The molecule has 0 saturated carbocycles. The number of hydrogen-bond donors (Lipinski definition) is 1. The van der Waals surface area contributed by atoms with E-state index in [9.17, 15) is 18.4 Å². The number of carbonyl (C=O) groups is 2. The van der Waals surface area contributed by atoms with Crippen LogP contribution in [0, 0.1) is 17.6 Å². The fourth-order valence-corrected chi connectivity index (χ4v) is 2.78. The Balaban J connectivity index is 1.54. The lowest BCUT2D eigenvalue weighted by atomic mass is 9.97. The summed E-state index contributed by atoms with van der Waals surface area (Å²) < 4.78 is 26.2. The number of carbonyl (C=O) groups excluding carboxylic acids is 2. The minimum Gasteiger partial charge on any atom is -0.349 e. The van der Waals surface area contributed by atoms with E-state index in [-0.39, 0.29) is 36.5 Å². The first-order chi connectivity index (χ1) is 12.0. The van der Waals surface area contributed by atoms with Gasteiger partial charge in [0.05, 0.1) is 12.0 Å². The number of nitrogens with zero attached hydrogens (tertiary/aromatic N) is 1. The van der Waals surface area contributed by atoms with E-state index in [1.807, 2.05) is 37.3 Å². The van der Waals surface area contributed by atoms with Gasteiger partial charge >= 0.3 is 0 Å². The molecule has 0 aromatic heterocycles. The lowest BCUT2D eigenvalue weighted by Gasteiger charge is -2.38. The molecule has 1 unspecified atom stereocenters. The summed E-state index contributed by atoms with van der Waals surface area (Å²) in [5, 5.41) is 2.93. The predicted octanol–water partition coefficient (Wildman–Crippen LogP) is 2.91. The summed E-state index contributed by atoms with van der Waals surface area (Å²) in [7, 11) is 0. The first-order valence-corrected chi connectivity index (χ1v) is 8.05. The molecule has 2 amide bonds. The molecule has 0 aliphatic carbocycles. The first kappa shape index (κ1) is 17.1. The van der Waals surface area contributed by atoms with Gasteiger partial charge in [0.25, 0.3) is 5.91 Å². The highest BCUT2D eigenvalue weighted by atomic mass is 19.2. The maximum Gasteiger partial charge on any atom is 0.254 e. The molecule has 2 aromatic carbocycles. The molecular formula is C19H18F2N2O2. The van der Waals surface area contributed by atoms with Gasteiger partial charge < -0.3 is 10.2 Å². The molecule has 1 heterocycles. The van der Waals surface area contributed by atoms with Crippen molar-refractivity contribution in [3.63, 3.8) is 0 Å². The highest BCUT2D eigenvalue weighted by Gasteiger charge is 2.36. The van der Waals surface area contributed by atoms with Crippen LogP contribution < -0.4 is 5.32 Å². The predicted molar refractivity (Wildman–Crippen MR) is 88.8 cm³/mol. The van der Waals surface area contributed by atoms with Gasteiger partial charge in [-0.05, 0) is 30.7 Å². The highest BCUT2D eigenvalue weighted by Crippen LogP contribution is 2.21. The summed E-state index contributed by atoms with van der Waals surface area (Å²) in [5.74, 6) is -2.87. The largest absolute Gasteiger partial charge is 0.349 e. The van der Waals surface area contributed by atoms with Gasteiger partial charge in [-0.15, -0.1) is 0 Å². The van der Waals surface area contributed by atoms with Crippen LogP contribution in [0.15, 0.2) is 48.5 Å². The average Bonchev–Trinajstić information content (AvgIpc) is 2.56. The summed E-state index contributed by atoms with van der Waals surface area (Å²) >= 11 is 0. The van der Waals surface area contributed by atoms with E-state index in [2.05, 4.69) is 5.32 Å². The lowest BCUT2D eigenvalue weighted by molar-refractivity contribution is -0.129. The quantitative estimate of drug-likeness (QED) is 0.927. The fourth-order valence-electron chi connectivity index (χ4n) is 2.78. The molecule has 0 bridgehead atoms. The maximum absolute atomic E-state index is 13.2. The van der Waals surface area contributed by atoms with Gasteiger partial charge in [0, 0.05) is 18.7 Å². The van der Waals surface area contributed by atoms with Crippen molar-refractivity contribution in [1.29, 1.82) is 0 Å². The molecule has 6 heteroatoms. The number of nitrogens with one attached hydrogen (secondary N) is 1.